The SMILES string of the molecule is NC1=NC23OC2(NC(=O)N3[C@H]2C[C@H](O)[C@@H](CO)O2)C(=O)N1. The van der Waals surface area contributed by atoms with Gasteiger partial charge in [-0.1, -0.05) is 0 Å². The van der Waals surface area contributed by atoms with Crippen molar-refractivity contribution in [3.05, 3.63) is 0 Å². The number of carbonyl (C=O) groups excluding carboxylic acids is 2. The molecular weight excluding hydrogens is 286 g/mol. The molecule has 3 amide bonds. The van der Waals surface area contributed by atoms with E-state index in [9.17, 15) is 14.7 Å². The Morgan fingerprint density at radius 2 is 2.29 bits per heavy atom. The Hall–Kier alpha value is -1.95. The molecule has 4 aliphatic heterocycles. The van der Waals surface area contributed by atoms with Gasteiger partial charge in [0.25, 0.3) is 11.6 Å². The smallest absolute Gasteiger partial charge is 0.326 e. The number of amides is 3. The molecule has 0 bridgehead atoms. The van der Waals surface area contributed by atoms with E-state index in [2.05, 4.69) is 15.6 Å². The largest absolute Gasteiger partial charge is 0.394 e. The summed E-state index contributed by atoms with van der Waals surface area (Å²) < 4.78 is 10.8. The Labute approximate surface area is 117 Å². The van der Waals surface area contributed by atoms with Crippen LogP contribution in [-0.4, -0.2) is 69.6 Å². The van der Waals surface area contributed by atoms with Crippen molar-refractivity contribution in [1.82, 2.24) is 15.5 Å². The maximum Gasteiger partial charge on any atom is 0.326 e. The summed E-state index contributed by atoms with van der Waals surface area (Å²) in [5, 5.41) is 23.6. The van der Waals surface area contributed by atoms with Gasteiger partial charge < -0.3 is 20.7 Å². The zero-order chi connectivity index (χ0) is 15.0. The second-order valence-corrected chi connectivity index (χ2v) is 5.26. The number of urea groups is 1. The number of carbonyl (C=O) groups is 2. The lowest BCUT2D eigenvalue weighted by molar-refractivity contribution is -0.125. The van der Waals surface area contributed by atoms with Gasteiger partial charge in [0.15, 0.2) is 5.96 Å². The molecule has 21 heavy (non-hydrogen) atoms. The van der Waals surface area contributed by atoms with Crippen LogP contribution in [0.5, 0.6) is 0 Å². The maximum atomic E-state index is 12.1. The molecule has 0 radical (unpaired) electrons. The highest BCUT2D eigenvalue weighted by atomic mass is 16.7. The third-order valence-electron chi connectivity index (χ3n) is 4.05. The number of aliphatic imine (C=N–C) groups is 1. The highest BCUT2D eigenvalue weighted by molar-refractivity contribution is 6.08. The van der Waals surface area contributed by atoms with Gasteiger partial charge in [0.1, 0.15) is 12.3 Å². The van der Waals surface area contributed by atoms with Crippen LogP contribution in [0.2, 0.25) is 0 Å². The van der Waals surface area contributed by atoms with Crippen molar-refractivity contribution in [2.45, 2.75) is 36.4 Å². The van der Waals surface area contributed by atoms with Gasteiger partial charge >= 0.3 is 11.9 Å². The van der Waals surface area contributed by atoms with E-state index in [0.717, 1.165) is 4.90 Å². The van der Waals surface area contributed by atoms with Crippen LogP contribution in [0, 0.1) is 0 Å². The molecular formula is C10H13N5O6. The van der Waals surface area contributed by atoms with Crippen molar-refractivity contribution in [2.75, 3.05) is 6.61 Å². The van der Waals surface area contributed by atoms with Gasteiger partial charge in [-0.15, -0.1) is 0 Å². The minimum absolute atomic E-state index is 0.0663. The fraction of sp³-hybridized carbons (Fsp3) is 0.700. The van der Waals surface area contributed by atoms with E-state index < -0.39 is 48.6 Å². The van der Waals surface area contributed by atoms with Gasteiger partial charge in [0, 0.05) is 6.42 Å². The van der Waals surface area contributed by atoms with E-state index in [1.807, 2.05) is 0 Å². The Morgan fingerprint density at radius 3 is 2.95 bits per heavy atom. The van der Waals surface area contributed by atoms with E-state index >= 15 is 0 Å². The number of epoxide rings is 1. The maximum absolute atomic E-state index is 12.1. The summed E-state index contributed by atoms with van der Waals surface area (Å²) in [7, 11) is 0. The first-order valence-corrected chi connectivity index (χ1v) is 6.36. The average Bonchev–Trinajstić information content (AvgIpc) is 2.77. The molecule has 6 N–H and O–H groups in total. The van der Waals surface area contributed by atoms with E-state index in [1.165, 1.54) is 0 Å². The number of hydrogen-bond acceptors (Lipinski definition) is 8. The number of nitrogens with one attached hydrogen (secondary N) is 2. The first kappa shape index (κ1) is 12.8. The quantitative estimate of drug-likeness (QED) is 0.328. The molecule has 0 aromatic carbocycles. The number of hydrogen-bond donors (Lipinski definition) is 5. The van der Waals surface area contributed by atoms with E-state index in [1.54, 1.807) is 0 Å². The summed E-state index contributed by atoms with van der Waals surface area (Å²) in [6.45, 7) is -0.391. The van der Waals surface area contributed by atoms with Crippen LogP contribution in [0.3, 0.4) is 0 Å². The van der Waals surface area contributed by atoms with Crippen LogP contribution in [0.15, 0.2) is 4.99 Å². The first-order chi connectivity index (χ1) is 9.93. The summed E-state index contributed by atoms with van der Waals surface area (Å²) in [6, 6.07) is -0.620. The predicted molar refractivity (Wildman–Crippen MR) is 63.1 cm³/mol. The van der Waals surface area contributed by atoms with E-state index in [0.29, 0.717) is 0 Å². The van der Waals surface area contributed by atoms with Crippen LogP contribution in [0.4, 0.5) is 4.79 Å². The molecule has 3 saturated heterocycles. The molecule has 0 aliphatic carbocycles. The minimum atomic E-state index is -1.61. The number of aliphatic hydroxyl groups excluding tert-OH is 2. The van der Waals surface area contributed by atoms with Crippen molar-refractivity contribution < 1.29 is 29.3 Å². The molecule has 0 aromatic rings. The van der Waals surface area contributed by atoms with Gasteiger partial charge in [0.2, 0.25) is 0 Å². The fourth-order valence-electron chi connectivity index (χ4n) is 3.03. The lowest BCUT2D eigenvalue weighted by Gasteiger charge is -2.27. The van der Waals surface area contributed by atoms with Crippen molar-refractivity contribution >= 4 is 17.9 Å². The van der Waals surface area contributed by atoms with Crippen LogP contribution >= 0.6 is 0 Å². The highest BCUT2D eigenvalue weighted by Gasteiger charge is 2.88. The molecule has 11 nitrogen and oxygen atoms in total. The van der Waals surface area contributed by atoms with Crippen molar-refractivity contribution in [3.8, 4) is 0 Å². The average molecular weight is 299 g/mol. The number of guanidine groups is 1. The molecule has 2 unspecified atom stereocenters. The van der Waals surface area contributed by atoms with Gasteiger partial charge in [-0.2, -0.15) is 4.99 Å². The van der Waals surface area contributed by atoms with Crippen molar-refractivity contribution in [3.63, 3.8) is 0 Å². The van der Waals surface area contributed by atoms with Gasteiger partial charge in [0.05, 0.1) is 12.7 Å². The third kappa shape index (κ3) is 1.33. The number of nitrogens with two attached hydrogens (primary N) is 1. The Morgan fingerprint density at radius 1 is 1.52 bits per heavy atom. The fourth-order valence-corrected chi connectivity index (χ4v) is 3.03. The molecule has 3 fully saturated rings. The summed E-state index contributed by atoms with van der Waals surface area (Å²) >= 11 is 0. The Bertz CT molecular complexity index is 582. The number of nitrogens with zero attached hydrogens (tertiary/aromatic N) is 2. The second-order valence-electron chi connectivity index (χ2n) is 5.26. The number of aliphatic hydroxyl groups is 2. The normalized spacial score (nSPS) is 47.4. The lowest BCUT2D eigenvalue weighted by atomic mass is 10.1. The number of ether oxygens (including phenoxy) is 2. The molecule has 0 spiro atoms. The summed E-state index contributed by atoms with van der Waals surface area (Å²) in [6.07, 6.45) is -2.57. The molecule has 5 atom stereocenters. The molecule has 4 heterocycles. The first-order valence-electron chi connectivity index (χ1n) is 6.36. The number of rotatable bonds is 2. The molecule has 4 rings (SSSR count). The van der Waals surface area contributed by atoms with Crippen LogP contribution in [-0.2, 0) is 14.3 Å². The second kappa shape index (κ2) is 3.62. The lowest BCUT2D eigenvalue weighted by Crippen LogP contribution is -2.56. The van der Waals surface area contributed by atoms with Crippen molar-refractivity contribution in [1.29, 1.82) is 0 Å². The molecule has 11 heteroatoms. The molecule has 0 saturated carbocycles. The standard InChI is InChI=1S/C10H13N5O6/c11-7-12-6(18)9-10(13-7,21-9)15(8(19)14-9)5-1-3(17)4(2-16)20-5/h3-5,16-17H,1-2H2,(H,14,19)(H3,11,12,13,18)/t3-,4+,5+,9?,10?/m0/s1. The molecule has 4 aliphatic rings. The van der Waals surface area contributed by atoms with E-state index in [-0.39, 0.29) is 12.4 Å². The summed E-state index contributed by atoms with van der Waals surface area (Å²) in [5.41, 5.74) is 3.91. The molecule has 114 valence electrons. The Balaban J connectivity index is 1.69. The summed E-state index contributed by atoms with van der Waals surface area (Å²) in [4.78, 5) is 29.2. The third-order valence-corrected chi connectivity index (χ3v) is 4.05. The zero-order valence-electron chi connectivity index (χ0n) is 10.6. The highest BCUT2D eigenvalue weighted by Crippen LogP contribution is 2.56. The molecule has 0 aromatic heterocycles. The monoisotopic (exact) mass is 299 g/mol. The van der Waals surface area contributed by atoms with Gasteiger partial charge in [-0.05, 0) is 0 Å². The van der Waals surface area contributed by atoms with Crippen molar-refractivity contribution in [2.24, 2.45) is 10.7 Å². The van der Waals surface area contributed by atoms with Crippen LogP contribution in [0.1, 0.15) is 6.42 Å². The summed E-state index contributed by atoms with van der Waals surface area (Å²) in [5.74, 6) is -2.39. The van der Waals surface area contributed by atoms with Gasteiger partial charge in [-0.3, -0.25) is 20.2 Å². The van der Waals surface area contributed by atoms with Gasteiger partial charge in [-0.25, -0.2) is 9.69 Å². The van der Waals surface area contributed by atoms with Crippen LogP contribution in [0.25, 0.3) is 0 Å². The predicted octanol–water partition coefficient (Wildman–Crippen LogP) is -3.70. The van der Waals surface area contributed by atoms with Crippen LogP contribution < -0.4 is 16.4 Å². The van der Waals surface area contributed by atoms with E-state index in [4.69, 9.17) is 20.3 Å². The minimum Gasteiger partial charge on any atom is -0.394 e. The zero-order valence-corrected chi connectivity index (χ0v) is 10.6. The Kier molecular flexibility index (Phi) is 2.20. The topological polar surface area (TPSA) is 162 Å².